The van der Waals surface area contributed by atoms with E-state index in [1.165, 1.54) is 57.8 Å². The van der Waals surface area contributed by atoms with Crippen LogP contribution >= 0.6 is 0 Å². The average molecular weight is 363 g/mol. The minimum atomic E-state index is -1.37. The molecule has 0 amide bonds. The molecule has 1 saturated heterocycles. The first-order valence-electron chi connectivity index (χ1n) is 10.0. The van der Waals surface area contributed by atoms with Gasteiger partial charge in [-0.25, -0.2) is 0 Å². The van der Waals surface area contributed by atoms with E-state index in [1.54, 1.807) is 0 Å². The van der Waals surface area contributed by atoms with Gasteiger partial charge in [-0.3, -0.25) is 0 Å². The molecule has 0 saturated carbocycles. The molecule has 0 aromatic carbocycles. The van der Waals surface area contributed by atoms with Crippen molar-refractivity contribution in [3.8, 4) is 0 Å². The van der Waals surface area contributed by atoms with Crippen LogP contribution in [0.15, 0.2) is 0 Å². The van der Waals surface area contributed by atoms with Gasteiger partial charge in [-0.15, -0.1) is 0 Å². The zero-order chi connectivity index (χ0) is 18.5. The van der Waals surface area contributed by atoms with Gasteiger partial charge in [0.15, 0.2) is 6.29 Å². The zero-order valence-corrected chi connectivity index (χ0v) is 15.7. The summed E-state index contributed by atoms with van der Waals surface area (Å²) in [5.41, 5.74) is 0. The third-order valence-corrected chi connectivity index (χ3v) is 4.88. The number of ether oxygens (including phenoxy) is 2. The molecule has 1 aliphatic rings. The molecule has 0 aromatic heterocycles. The van der Waals surface area contributed by atoms with Crippen molar-refractivity contribution in [1.29, 1.82) is 0 Å². The molecule has 0 radical (unpaired) electrons. The van der Waals surface area contributed by atoms with Gasteiger partial charge in [0.1, 0.15) is 24.4 Å². The van der Waals surface area contributed by atoms with Crippen LogP contribution in [0.2, 0.25) is 0 Å². The molecule has 0 spiro atoms. The minimum Gasteiger partial charge on any atom is -0.394 e. The summed E-state index contributed by atoms with van der Waals surface area (Å²) in [4.78, 5) is 0. The van der Waals surface area contributed by atoms with E-state index in [0.717, 1.165) is 12.8 Å². The van der Waals surface area contributed by atoms with Gasteiger partial charge in [-0.2, -0.15) is 0 Å². The summed E-state index contributed by atoms with van der Waals surface area (Å²) in [7, 11) is 0. The Hall–Kier alpha value is -0.240. The summed E-state index contributed by atoms with van der Waals surface area (Å²) in [6.07, 6.45) is 7.79. The fraction of sp³-hybridized carbons (Fsp3) is 1.00. The number of hydrogen-bond donors (Lipinski definition) is 4. The molecule has 0 aromatic rings. The van der Waals surface area contributed by atoms with Crippen molar-refractivity contribution in [3.63, 3.8) is 0 Å². The maximum Gasteiger partial charge on any atom is 0.186 e. The molecular formula is C19H38O6. The number of aliphatic hydroxyl groups excluding tert-OH is 4. The van der Waals surface area contributed by atoms with E-state index in [4.69, 9.17) is 14.6 Å². The highest BCUT2D eigenvalue weighted by Gasteiger charge is 2.43. The fourth-order valence-corrected chi connectivity index (χ4v) is 3.17. The van der Waals surface area contributed by atoms with Crippen molar-refractivity contribution in [1.82, 2.24) is 0 Å². The van der Waals surface area contributed by atoms with Gasteiger partial charge in [0.2, 0.25) is 0 Å². The van der Waals surface area contributed by atoms with Crippen molar-refractivity contribution in [3.05, 3.63) is 0 Å². The Morgan fingerprint density at radius 1 is 0.720 bits per heavy atom. The number of aliphatic hydroxyl groups is 4. The summed E-state index contributed by atoms with van der Waals surface area (Å²) < 4.78 is 10.8. The highest BCUT2D eigenvalue weighted by atomic mass is 16.7. The lowest BCUT2D eigenvalue weighted by Gasteiger charge is -2.39. The normalized spacial score (nSPS) is 29.9. The Morgan fingerprint density at radius 3 is 1.76 bits per heavy atom. The van der Waals surface area contributed by atoms with Crippen LogP contribution in [0, 0.1) is 0 Å². The highest BCUT2D eigenvalue weighted by molar-refractivity contribution is 4.88. The summed E-state index contributed by atoms with van der Waals surface area (Å²) >= 11 is 0. The summed E-state index contributed by atoms with van der Waals surface area (Å²) in [6, 6.07) is 0. The molecule has 6 nitrogen and oxygen atoms in total. The molecule has 25 heavy (non-hydrogen) atoms. The second kappa shape index (κ2) is 13.9. The second-order valence-corrected chi connectivity index (χ2v) is 7.10. The van der Waals surface area contributed by atoms with Gasteiger partial charge in [-0.1, -0.05) is 71.1 Å². The first-order valence-corrected chi connectivity index (χ1v) is 10.0. The summed E-state index contributed by atoms with van der Waals surface area (Å²) in [5.74, 6) is 0. The van der Waals surface area contributed by atoms with Crippen LogP contribution in [0.5, 0.6) is 0 Å². The van der Waals surface area contributed by atoms with Crippen LogP contribution in [0.3, 0.4) is 0 Å². The lowest BCUT2D eigenvalue weighted by atomic mass is 9.99. The number of rotatable bonds is 14. The third kappa shape index (κ3) is 8.80. The van der Waals surface area contributed by atoms with E-state index in [1.807, 2.05) is 0 Å². The van der Waals surface area contributed by atoms with Gasteiger partial charge < -0.3 is 29.9 Å². The Bertz CT molecular complexity index is 312. The van der Waals surface area contributed by atoms with Gasteiger partial charge in [-0.05, 0) is 6.42 Å². The van der Waals surface area contributed by atoms with Crippen LogP contribution in [-0.4, -0.2) is 64.3 Å². The molecule has 1 heterocycles. The van der Waals surface area contributed by atoms with Gasteiger partial charge in [0, 0.05) is 6.61 Å². The molecule has 150 valence electrons. The van der Waals surface area contributed by atoms with E-state index in [9.17, 15) is 15.3 Å². The van der Waals surface area contributed by atoms with E-state index in [0.29, 0.717) is 6.61 Å². The molecule has 0 aliphatic carbocycles. The molecule has 4 N–H and O–H groups in total. The molecule has 6 heteroatoms. The molecule has 0 bridgehead atoms. The Labute approximate surface area is 152 Å². The predicted octanol–water partition coefficient (Wildman–Crippen LogP) is 2.11. The van der Waals surface area contributed by atoms with Crippen molar-refractivity contribution in [2.75, 3.05) is 13.2 Å². The summed E-state index contributed by atoms with van der Waals surface area (Å²) in [6.45, 7) is 2.24. The average Bonchev–Trinajstić information content (AvgIpc) is 2.62. The first kappa shape index (κ1) is 22.8. The molecule has 1 aliphatic heterocycles. The molecule has 1 fully saturated rings. The monoisotopic (exact) mass is 362 g/mol. The van der Waals surface area contributed by atoms with E-state index in [2.05, 4.69) is 6.92 Å². The predicted molar refractivity (Wildman–Crippen MR) is 96.2 cm³/mol. The lowest BCUT2D eigenvalue weighted by Crippen LogP contribution is -2.59. The van der Waals surface area contributed by atoms with E-state index in [-0.39, 0.29) is 0 Å². The SMILES string of the molecule is CCCCCCCCCCCCCO[C@H]1O[C@H](CO)[C@@H](O)[C@H](O)[C@H]1O. The smallest absolute Gasteiger partial charge is 0.186 e. The standard InChI is InChI=1S/C19H38O6/c1-2-3-4-5-6-7-8-9-10-11-12-13-24-19-18(23)17(22)16(21)15(14-20)25-19/h15-23H,2-14H2,1H3/t15-,16-,17+,18-,19+/m1/s1. The maximum absolute atomic E-state index is 9.86. The maximum atomic E-state index is 9.86. The zero-order valence-electron chi connectivity index (χ0n) is 15.7. The minimum absolute atomic E-state index is 0.427. The van der Waals surface area contributed by atoms with Crippen LogP contribution in [0.4, 0.5) is 0 Å². The second-order valence-electron chi connectivity index (χ2n) is 7.10. The van der Waals surface area contributed by atoms with Crippen molar-refractivity contribution >= 4 is 0 Å². The van der Waals surface area contributed by atoms with Crippen molar-refractivity contribution in [2.45, 2.75) is 108 Å². The largest absolute Gasteiger partial charge is 0.394 e. The van der Waals surface area contributed by atoms with Gasteiger partial charge in [0.05, 0.1) is 6.61 Å². The third-order valence-electron chi connectivity index (χ3n) is 4.88. The molecule has 0 unspecified atom stereocenters. The summed E-state index contributed by atoms with van der Waals surface area (Å²) in [5, 5.41) is 38.4. The van der Waals surface area contributed by atoms with E-state index < -0.39 is 37.3 Å². The molecule has 5 atom stereocenters. The van der Waals surface area contributed by atoms with Crippen LogP contribution in [0.1, 0.15) is 77.6 Å². The van der Waals surface area contributed by atoms with E-state index >= 15 is 0 Å². The quantitative estimate of drug-likeness (QED) is 0.353. The highest BCUT2D eigenvalue weighted by Crippen LogP contribution is 2.22. The van der Waals surface area contributed by atoms with Crippen molar-refractivity contribution < 1.29 is 29.9 Å². The first-order chi connectivity index (χ1) is 12.1. The number of unbranched alkanes of at least 4 members (excludes halogenated alkanes) is 10. The Balaban J connectivity index is 1.99. The topological polar surface area (TPSA) is 99.4 Å². The fourth-order valence-electron chi connectivity index (χ4n) is 3.17. The van der Waals surface area contributed by atoms with Crippen LogP contribution < -0.4 is 0 Å². The molecular weight excluding hydrogens is 324 g/mol. The van der Waals surface area contributed by atoms with Gasteiger partial charge in [0.25, 0.3) is 0 Å². The van der Waals surface area contributed by atoms with Crippen LogP contribution in [-0.2, 0) is 9.47 Å². The number of hydrogen-bond acceptors (Lipinski definition) is 6. The van der Waals surface area contributed by atoms with Crippen LogP contribution in [0.25, 0.3) is 0 Å². The Morgan fingerprint density at radius 2 is 1.24 bits per heavy atom. The van der Waals surface area contributed by atoms with Gasteiger partial charge >= 0.3 is 0 Å². The molecule has 1 rings (SSSR count). The Kier molecular flexibility index (Phi) is 12.7. The van der Waals surface area contributed by atoms with Crippen molar-refractivity contribution in [2.24, 2.45) is 0 Å². The lowest BCUT2D eigenvalue weighted by molar-refractivity contribution is -0.301.